The summed E-state index contributed by atoms with van der Waals surface area (Å²) in [7, 11) is 0. The third kappa shape index (κ3) is 3.11. The second kappa shape index (κ2) is 7.03. The zero-order valence-electron chi connectivity index (χ0n) is 15.3. The SMILES string of the molecule is O=C(/C=C/c1nc2ccccc2o1)N1CCC[C@H]1c1ccc2c(c1)OCCO2. The number of benzene rings is 2. The Bertz CT molecular complexity index is 1020. The van der Waals surface area contributed by atoms with E-state index in [0.717, 1.165) is 42.0 Å². The monoisotopic (exact) mass is 376 g/mol. The summed E-state index contributed by atoms with van der Waals surface area (Å²) in [6, 6.07) is 13.5. The first-order valence-electron chi connectivity index (χ1n) is 9.52. The molecule has 6 heteroatoms. The van der Waals surface area contributed by atoms with E-state index in [0.29, 0.717) is 24.7 Å². The van der Waals surface area contributed by atoms with Crippen LogP contribution in [-0.2, 0) is 4.79 Å². The number of nitrogens with zero attached hydrogens (tertiary/aromatic N) is 2. The Kier molecular flexibility index (Phi) is 4.24. The minimum atomic E-state index is -0.0420. The molecular formula is C22H20N2O4. The van der Waals surface area contributed by atoms with Gasteiger partial charge in [-0.25, -0.2) is 4.98 Å². The van der Waals surface area contributed by atoms with Gasteiger partial charge in [-0.3, -0.25) is 4.79 Å². The molecule has 0 spiro atoms. The van der Waals surface area contributed by atoms with Gasteiger partial charge in [0.25, 0.3) is 0 Å². The molecule has 2 aromatic carbocycles. The Hall–Kier alpha value is -3.28. The third-order valence-electron chi connectivity index (χ3n) is 5.17. The van der Waals surface area contributed by atoms with E-state index in [1.165, 1.54) is 0 Å². The van der Waals surface area contributed by atoms with E-state index in [1.807, 2.05) is 47.4 Å². The fraction of sp³-hybridized carbons (Fsp3) is 0.273. The maximum Gasteiger partial charge on any atom is 0.247 e. The van der Waals surface area contributed by atoms with Crippen LogP contribution in [0.4, 0.5) is 0 Å². The number of oxazole rings is 1. The van der Waals surface area contributed by atoms with Crippen molar-refractivity contribution in [3.63, 3.8) is 0 Å². The largest absolute Gasteiger partial charge is 0.486 e. The summed E-state index contributed by atoms with van der Waals surface area (Å²) < 4.78 is 16.9. The summed E-state index contributed by atoms with van der Waals surface area (Å²) in [4.78, 5) is 19.1. The van der Waals surface area contributed by atoms with E-state index in [2.05, 4.69) is 4.98 Å². The molecule has 3 heterocycles. The lowest BCUT2D eigenvalue weighted by molar-refractivity contribution is -0.126. The van der Waals surface area contributed by atoms with Crippen molar-refractivity contribution in [1.82, 2.24) is 9.88 Å². The Balaban J connectivity index is 1.35. The summed E-state index contributed by atoms with van der Waals surface area (Å²) in [5, 5.41) is 0. The van der Waals surface area contributed by atoms with E-state index in [4.69, 9.17) is 13.9 Å². The Labute approximate surface area is 162 Å². The van der Waals surface area contributed by atoms with Crippen molar-refractivity contribution >= 4 is 23.1 Å². The zero-order valence-corrected chi connectivity index (χ0v) is 15.3. The fourth-order valence-corrected chi connectivity index (χ4v) is 3.84. The van der Waals surface area contributed by atoms with Gasteiger partial charge in [-0.15, -0.1) is 0 Å². The summed E-state index contributed by atoms with van der Waals surface area (Å²) >= 11 is 0. The topological polar surface area (TPSA) is 64.8 Å². The maximum atomic E-state index is 12.8. The Morgan fingerprint density at radius 3 is 2.86 bits per heavy atom. The van der Waals surface area contributed by atoms with Gasteiger partial charge in [-0.1, -0.05) is 18.2 Å². The molecule has 2 aliphatic rings. The minimum absolute atomic E-state index is 0.0385. The summed E-state index contributed by atoms with van der Waals surface area (Å²) in [6.07, 6.45) is 5.09. The van der Waals surface area contributed by atoms with Crippen LogP contribution in [-0.4, -0.2) is 35.5 Å². The molecular weight excluding hydrogens is 356 g/mol. The highest BCUT2D eigenvalue weighted by molar-refractivity contribution is 5.92. The second-order valence-electron chi connectivity index (χ2n) is 6.95. The number of ether oxygens (including phenoxy) is 2. The lowest BCUT2D eigenvalue weighted by atomic mass is 10.0. The molecule has 3 aromatic rings. The molecule has 1 aromatic heterocycles. The van der Waals surface area contributed by atoms with E-state index in [-0.39, 0.29) is 11.9 Å². The van der Waals surface area contributed by atoms with Crippen molar-refractivity contribution in [2.24, 2.45) is 0 Å². The molecule has 6 nitrogen and oxygen atoms in total. The quantitative estimate of drug-likeness (QED) is 0.647. The molecule has 0 bridgehead atoms. The van der Waals surface area contributed by atoms with Crippen LogP contribution >= 0.6 is 0 Å². The number of hydrogen-bond donors (Lipinski definition) is 0. The molecule has 5 rings (SSSR count). The molecule has 1 saturated heterocycles. The van der Waals surface area contributed by atoms with Crippen molar-refractivity contribution < 1.29 is 18.7 Å². The van der Waals surface area contributed by atoms with Crippen molar-refractivity contribution in [3.05, 3.63) is 60.0 Å². The van der Waals surface area contributed by atoms with Crippen molar-refractivity contribution in [3.8, 4) is 11.5 Å². The highest BCUT2D eigenvalue weighted by Crippen LogP contribution is 2.38. The van der Waals surface area contributed by atoms with Gasteiger partial charge in [0.2, 0.25) is 11.8 Å². The Morgan fingerprint density at radius 2 is 1.96 bits per heavy atom. The van der Waals surface area contributed by atoms with Crippen LogP contribution in [0.3, 0.4) is 0 Å². The minimum Gasteiger partial charge on any atom is -0.486 e. The summed E-state index contributed by atoms with van der Waals surface area (Å²) in [5.74, 6) is 1.91. The van der Waals surface area contributed by atoms with Gasteiger partial charge >= 0.3 is 0 Å². The third-order valence-corrected chi connectivity index (χ3v) is 5.17. The highest BCUT2D eigenvalue weighted by atomic mass is 16.6. The van der Waals surface area contributed by atoms with Gasteiger partial charge in [0, 0.05) is 18.7 Å². The predicted octanol–water partition coefficient (Wildman–Crippen LogP) is 3.98. The number of amides is 1. The number of para-hydroxylation sites is 2. The van der Waals surface area contributed by atoms with Crippen LogP contribution < -0.4 is 9.47 Å². The first kappa shape index (κ1) is 16.9. The van der Waals surface area contributed by atoms with Crippen molar-refractivity contribution in [1.29, 1.82) is 0 Å². The van der Waals surface area contributed by atoms with E-state index >= 15 is 0 Å². The van der Waals surface area contributed by atoms with Gasteiger partial charge in [-0.05, 0) is 42.7 Å². The fourth-order valence-electron chi connectivity index (χ4n) is 3.84. The lowest BCUT2D eigenvalue weighted by Gasteiger charge is -2.25. The average molecular weight is 376 g/mol. The molecule has 0 radical (unpaired) electrons. The number of hydrogen-bond acceptors (Lipinski definition) is 5. The molecule has 1 atom stereocenters. The molecule has 142 valence electrons. The van der Waals surface area contributed by atoms with Gasteiger partial charge < -0.3 is 18.8 Å². The first-order valence-corrected chi connectivity index (χ1v) is 9.52. The second-order valence-corrected chi connectivity index (χ2v) is 6.95. The number of carbonyl (C=O) groups excluding carboxylic acids is 1. The lowest BCUT2D eigenvalue weighted by Crippen LogP contribution is -2.29. The molecule has 1 fully saturated rings. The molecule has 1 amide bonds. The number of rotatable bonds is 3. The summed E-state index contributed by atoms with van der Waals surface area (Å²) in [6.45, 7) is 1.86. The van der Waals surface area contributed by atoms with E-state index in [9.17, 15) is 4.79 Å². The van der Waals surface area contributed by atoms with Crippen LogP contribution in [0.25, 0.3) is 17.2 Å². The van der Waals surface area contributed by atoms with Gasteiger partial charge in [0.15, 0.2) is 17.1 Å². The standard InChI is InChI=1S/C22H20N2O4/c25-22(10-9-21-23-16-4-1-2-6-18(16)28-21)24-11-3-5-17(24)15-7-8-19-20(14-15)27-13-12-26-19/h1-2,4,6-10,14,17H,3,5,11-13H2/b10-9+/t17-/m0/s1. The number of likely N-dealkylation sites (tertiary alicyclic amines) is 1. The van der Waals surface area contributed by atoms with Crippen LogP contribution in [0.2, 0.25) is 0 Å². The zero-order chi connectivity index (χ0) is 18.9. The van der Waals surface area contributed by atoms with Crippen molar-refractivity contribution in [2.45, 2.75) is 18.9 Å². The number of carbonyl (C=O) groups is 1. The Morgan fingerprint density at radius 1 is 1.11 bits per heavy atom. The van der Waals surface area contributed by atoms with Crippen LogP contribution in [0, 0.1) is 0 Å². The van der Waals surface area contributed by atoms with Crippen molar-refractivity contribution in [2.75, 3.05) is 19.8 Å². The number of fused-ring (bicyclic) bond motifs is 2. The average Bonchev–Trinajstić information content (AvgIpc) is 3.38. The van der Waals surface area contributed by atoms with Gasteiger partial charge in [0.05, 0.1) is 6.04 Å². The molecule has 2 aliphatic heterocycles. The van der Waals surface area contributed by atoms with Gasteiger partial charge in [0.1, 0.15) is 18.7 Å². The van der Waals surface area contributed by atoms with Crippen LogP contribution in [0.15, 0.2) is 53.0 Å². The molecule has 0 aliphatic carbocycles. The van der Waals surface area contributed by atoms with Crippen LogP contribution in [0.5, 0.6) is 11.5 Å². The molecule has 0 saturated carbocycles. The van der Waals surface area contributed by atoms with E-state index < -0.39 is 0 Å². The van der Waals surface area contributed by atoms with E-state index in [1.54, 1.807) is 12.2 Å². The van der Waals surface area contributed by atoms with Gasteiger partial charge in [-0.2, -0.15) is 0 Å². The highest BCUT2D eigenvalue weighted by Gasteiger charge is 2.29. The number of aromatic nitrogens is 1. The molecule has 0 unspecified atom stereocenters. The molecule has 28 heavy (non-hydrogen) atoms. The predicted molar refractivity (Wildman–Crippen MR) is 104 cm³/mol. The first-order chi connectivity index (χ1) is 13.8. The normalized spacial score (nSPS) is 18.9. The maximum absolute atomic E-state index is 12.8. The molecule has 0 N–H and O–H groups in total. The smallest absolute Gasteiger partial charge is 0.247 e. The summed E-state index contributed by atoms with van der Waals surface area (Å²) in [5.41, 5.74) is 2.57. The van der Waals surface area contributed by atoms with Crippen LogP contribution in [0.1, 0.15) is 30.3 Å².